The van der Waals surface area contributed by atoms with Crippen LogP contribution in [0.5, 0.6) is 0 Å². The molecule has 0 spiro atoms. The molecule has 0 saturated carbocycles. The highest BCUT2D eigenvalue weighted by atomic mass is 32.2. The molecule has 0 amide bonds. The molecule has 0 unspecified atom stereocenters. The van der Waals surface area contributed by atoms with E-state index in [1.165, 1.54) is 0 Å². The minimum atomic E-state index is -0.464. The Kier molecular flexibility index (Phi) is 4.69. The highest BCUT2D eigenvalue weighted by Gasteiger charge is 2.34. The number of hydrogen-bond donors (Lipinski definition) is 1. The Labute approximate surface area is 151 Å². The van der Waals surface area contributed by atoms with Gasteiger partial charge in [-0.05, 0) is 38.0 Å². The average Bonchev–Trinajstić information content (AvgIpc) is 2.85. The molecule has 0 bridgehead atoms. The van der Waals surface area contributed by atoms with Crippen LogP contribution in [0, 0.1) is 13.8 Å². The summed E-state index contributed by atoms with van der Waals surface area (Å²) in [5.74, 6) is 0.994. The zero-order chi connectivity index (χ0) is 18.2. The molecule has 2 N–H and O–H groups in total. The van der Waals surface area contributed by atoms with E-state index >= 15 is 0 Å². The molecule has 132 valence electrons. The second-order valence-corrected chi connectivity index (χ2v) is 8.10. The normalized spacial score (nSPS) is 23.4. The van der Waals surface area contributed by atoms with Crippen molar-refractivity contribution in [1.29, 1.82) is 0 Å². The standard InChI is InChI=1S/C18H22N4O2S/c1-10-9-18(4,22-17(19)25-10)15-8-13(5-6-20-15)7-14(23)16-11(2)24-12(3)21-16/h5-6,8,10H,7,9H2,1-4H3,(H2,19,22)/t10-,18+/m1/s1. The molecule has 1 aliphatic heterocycles. The first-order valence-electron chi connectivity index (χ1n) is 8.21. The maximum atomic E-state index is 12.5. The fourth-order valence-corrected chi connectivity index (χ4v) is 4.29. The van der Waals surface area contributed by atoms with E-state index in [-0.39, 0.29) is 12.2 Å². The van der Waals surface area contributed by atoms with Crippen LogP contribution in [0.2, 0.25) is 0 Å². The van der Waals surface area contributed by atoms with E-state index in [0.717, 1.165) is 17.7 Å². The van der Waals surface area contributed by atoms with Gasteiger partial charge in [0.2, 0.25) is 0 Å². The lowest BCUT2D eigenvalue weighted by Gasteiger charge is -2.32. The molecule has 3 rings (SSSR count). The van der Waals surface area contributed by atoms with Crippen LogP contribution < -0.4 is 5.73 Å². The van der Waals surface area contributed by atoms with Crippen molar-refractivity contribution < 1.29 is 9.21 Å². The van der Waals surface area contributed by atoms with Gasteiger partial charge in [0.25, 0.3) is 0 Å². The van der Waals surface area contributed by atoms with Gasteiger partial charge in [0.05, 0.1) is 5.69 Å². The van der Waals surface area contributed by atoms with Crippen LogP contribution in [0.1, 0.15) is 53.7 Å². The molecule has 0 aromatic carbocycles. The van der Waals surface area contributed by atoms with Crippen molar-refractivity contribution in [3.63, 3.8) is 0 Å². The molecule has 0 saturated heterocycles. The summed E-state index contributed by atoms with van der Waals surface area (Å²) in [7, 11) is 0. The average molecular weight is 358 g/mol. The van der Waals surface area contributed by atoms with Crippen molar-refractivity contribution in [1.82, 2.24) is 9.97 Å². The summed E-state index contributed by atoms with van der Waals surface area (Å²) in [4.78, 5) is 25.8. The number of aryl methyl sites for hydroxylation is 2. The number of nitrogens with two attached hydrogens (primary N) is 1. The third-order valence-electron chi connectivity index (χ3n) is 4.27. The molecule has 2 aromatic heterocycles. The molecule has 0 fully saturated rings. The molecule has 0 aliphatic carbocycles. The topological polar surface area (TPSA) is 94.4 Å². The molecular weight excluding hydrogens is 336 g/mol. The smallest absolute Gasteiger partial charge is 0.191 e. The number of aromatic nitrogens is 2. The van der Waals surface area contributed by atoms with E-state index in [4.69, 9.17) is 10.2 Å². The molecule has 1 aliphatic rings. The number of amidine groups is 1. The van der Waals surface area contributed by atoms with Crippen LogP contribution in [0.15, 0.2) is 27.7 Å². The largest absolute Gasteiger partial charge is 0.446 e. The predicted molar refractivity (Wildman–Crippen MR) is 98.9 cm³/mol. The van der Waals surface area contributed by atoms with Gasteiger partial charge in [-0.1, -0.05) is 18.7 Å². The molecule has 25 heavy (non-hydrogen) atoms. The number of pyridine rings is 1. The van der Waals surface area contributed by atoms with Crippen LogP contribution in [0.4, 0.5) is 0 Å². The number of oxazole rings is 1. The quantitative estimate of drug-likeness (QED) is 0.844. The van der Waals surface area contributed by atoms with Gasteiger partial charge in [-0.25, -0.2) is 9.98 Å². The lowest BCUT2D eigenvalue weighted by atomic mass is 9.90. The van der Waals surface area contributed by atoms with E-state index in [2.05, 4.69) is 21.9 Å². The van der Waals surface area contributed by atoms with Crippen molar-refractivity contribution in [2.24, 2.45) is 10.7 Å². The van der Waals surface area contributed by atoms with Gasteiger partial charge in [0, 0.05) is 24.8 Å². The fourth-order valence-electron chi connectivity index (χ4n) is 3.22. The second-order valence-electron chi connectivity index (χ2n) is 6.64. The van der Waals surface area contributed by atoms with Crippen LogP contribution in [0.3, 0.4) is 0 Å². The van der Waals surface area contributed by atoms with Crippen LogP contribution in [-0.2, 0) is 12.0 Å². The fraction of sp³-hybridized carbons (Fsp3) is 0.444. The van der Waals surface area contributed by atoms with Crippen LogP contribution in [0.25, 0.3) is 0 Å². The third kappa shape index (κ3) is 3.76. The number of aliphatic imine (C=N–C) groups is 1. The van der Waals surface area contributed by atoms with Crippen LogP contribution in [-0.4, -0.2) is 26.2 Å². The lowest BCUT2D eigenvalue weighted by molar-refractivity contribution is 0.0987. The summed E-state index contributed by atoms with van der Waals surface area (Å²) in [6.07, 6.45) is 2.83. The van der Waals surface area contributed by atoms with Gasteiger partial charge in [0.1, 0.15) is 17.0 Å². The van der Waals surface area contributed by atoms with E-state index in [1.807, 2.05) is 19.1 Å². The summed E-state index contributed by atoms with van der Waals surface area (Å²) in [5, 5.41) is 0.952. The molecular formula is C18H22N4O2S. The molecule has 6 nitrogen and oxygen atoms in total. The van der Waals surface area contributed by atoms with Crippen molar-refractivity contribution >= 4 is 22.7 Å². The Balaban J connectivity index is 1.86. The summed E-state index contributed by atoms with van der Waals surface area (Å²) in [6.45, 7) is 7.66. The van der Waals surface area contributed by atoms with E-state index in [0.29, 0.717) is 27.8 Å². The Morgan fingerprint density at radius 3 is 2.88 bits per heavy atom. The zero-order valence-electron chi connectivity index (χ0n) is 14.9. The number of carbonyl (C=O) groups excluding carboxylic acids is 1. The summed E-state index contributed by atoms with van der Waals surface area (Å²) >= 11 is 1.58. The van der Waals surface area contributed by atoms with Gasteiger partial charge in [-0.15, -0.1) is 0 Å². The predicted octanol–water partition coefficient (Wildman–Crippen LogP) is 3.17. The SMILES string of the molecule is Cc1nc(C(=O)Cc2ccnc([C@]3(C)C[C@@H](C)SC(N)=N3)c2)c(C)o1. The molecule has 7 heteroatoms. The monoisotopic (exact) mass is 358 g/mol. The Morgan fingerprint density at radius 2 is 2.24 bits per heavy atom. The van der Waals surface area contributed by atoms with Gasteiger partial charge in [-0.2, -0.15) is 0 Å². The van der Waals surface area contributed by atoms with E-state index in [9.17, 15) is 4.79 Å². The van der Waals surface area contributed by atoms with Crippen molar-refractivity contribution in [2.75, 3.05) is 0 Å². The number of rotatable bonds is 4. The minimum Gasteiger partial charge on any atom is -0.446 e. The number of hydrogen-bond acceptors (Lipinski definition) is 7. The number of carbonyl (C=O) groups is 1. The second kappa shape index (κ2) is 6.63. The third-order valence-corrected chi connectivity index (χ3v) is 5.17. The Morgan fingerprint density at radius 1 is 1.48 bits per heavy atom. The summed E-state index contributed by atoms with van der Waals surface area (Å²) in [6, 6.07) is 3.79. The molecule has 3 heterocycles. The Hall–Kier alpha value is -2.15. The number of Topliss-reactive ketones (excluding diaryl/α,β-unsaturated/α-hetero) is 1. The van der Waals surface area contributed by atoms with Gasteiger partial charge >= 0.3 is 0 Å². The van der Waals surface area contributed by atoms with E-state index < -0.39 is 5.54 Å². The molecule has 0 radical (unpaired) electrons. The number of nitrogens with zero attached hydrogens (tertiary/aromatic N) is 3. The highest BCUT2D eigenvalue weighted by molar-refractivity contribution is 8.14. The van der Waals surface area contributed by atoms with Gasteiger partial charge in [0.15, 0.2) is 16.8 Å². The lowest BCUT2D eigenvalue weighted by Crippen LogP contribution is -2.33. The van der Waals surface area contributed by atoms with Crippen LogP contribution >= 0.6 is 11.8 Å². The minimum absolute atomic E-state index is 0.0627. The highest BCUT2D eigenvalue weighted by Crippen LogP contribution is 2.37. The summed E-state index contributed by atoms with van der Waals surface area (Å²) in [5.41, 5.74) is 7.61. The molecule has 2 aromatic rings. The van der Waals surface area contributed by atoms with Gasteiger partial charge in [-0.3, -0.25) is 9.78 Å². The number of thioether (sulfide) groups is 1. The first-order valence-corrected chi connectivity index (χ1v) is 9.09. The molecule has 2 atom stereocenters. The van der Waals surface area contributed by atoms with Crippen molar-refractivity contribution in [3.05, 3.63) is 46.9 Å². The first-order chi connectivity index (χ1) is 11.8. The maximum absolute atomic E-state index is 12.5. The zero-order valence-corrected chi connectivity index (χ0v) is 15.7. The van der Waals surface area contributed by atoms with Crippen molar-refractivity contribution in [2.45, 2.75) is 51.3 Å². The Bertz CT molecular complexity index is 845. The maximum Gasteiger partial charge on any atom is 0.191 e. The summed E-state index contributed by atoms with van der Waals surface area (Å²) < 4.78 is 5.35. The van der Waals surface area contributed by atoms with Gasteiger partial charge < -0.3 is 10.2 Å². The number of ketones is 1. The van der Waals surface area contributed by atoms with Crippen molar-refractivity contribution in [3.8, 4) is 0 Å². The first kappa shape index (κ1) is 17.7. The van der Waals surface area contributed by atoms with E-state index in [1.54, 1.807) is 31.8 Å².